The maximum Gasteiger partial charge on any atom is 0.160 e. The highest BCUT2D eigenvalue weighted by Crippen LogP contribution is 2.57. The highest BCUT2D eigenvalue weighted by molar-refractivity contribution is 6.09. The first-order valence-corrected chi connectivity index (χ1v) is 26.3. The Morgan fingerprint density at radius 3 is 0.974 bits per heavy atom. The molecule has 2 aromatic heterocycles. The highest BCUT2D eigenvalue weighted by atomic mass is 14.9. The Hall–Kier alpha value is -10.2. The third-order valence-electron chi connectivity index (χ3n) is 15.8. The molecule has 4 heteroatoms. The van der Waals surface area contributed by atoms with Crippen molar-refractivity contribution in [2.45, 2.75) is 5.41 Å². The van der Waals surface area contributed by atoms with Crippen molar-refractivity contribution in [1.82, 2.24) is 19.9 Å². The minimum Gasteiger partial charge on any atom is -0.228 e. The number of benzene rings is 12. The van der Waals surface area contributed by atoms with Crippen LogP contribution in [0.1, 0.15) is 22.3 Å². The molecule has 14 aromatic rings. The zero-order valence-corrected chi connectivity index (χ0v) is 41.8. The molecule has 0 aliphatic heterocycles. The quantitative estimate of drug-likeness (QED) is 0.152. The Bertz CT molecular complexity index is 4310. The van der Waals surface area contributed by atoms with Gasteiger partial charge in [0.2, 0.25) is 0 Å². The van der Waals surface area contributed by atoms with E-state index in [9.17, 15) is 0 Å². The van der Waals surface area contributed by atoms with Gasteiger partial charge in [-0.15, -0.1) is 0 Å². The molecule has 0 N–H and O–H groups in total. The maximum atomic E-state index is 5.59. The predicted octanol–water partition coefficient (Wildman–Crippen LogP) is 18.2. The van der Waals surface area contributed by atoms with Gasteiger partial charge < -0.3 is 0 Å². The maximum absolute atomic E-state index is 5.59. The van der Waals surface area contributed by atoms with Crippen LogP contribution in [0.2, 0.25) is 0 Å². The number of para-hydroxylation sites is 2. The van der Waals surface area contributed by atoms with E-state index in [1.165, 1.54) is 44.2 Å². The van der Waals surface area contributed by atoms with Crippen molar-refractivity contribution < 1.29 is 0 Å². The van der Waals surface area contributed by atoms with Crippen molar-refractivity contribution >= 4 is 43.4 Å². The van der Waals surface area contributed by atoms with E-state index in [1.807, 2.05) is 0 Å². The van der Waals surface area contributed by atoms with Crippen LogP contribution >= 0.6 is 0 Å². The lowest BCUT2D eigenvalue weighted by Gasteiger charge is -2.34. The van der Waals surface area contributed by atoms with Crippen molar-refractivity contribution in [2.24, 2.45) is 0 Å². The summed E-state index contributed by atoms with van der Waals surface area (Å²) in [6.07, 6.45) is 0. The monoisotopic (exact) mass is 978 g/mol. The van der Waals surface area contributed by atoms with Gasteiger partial charge >= 0.3 is 0 Å². The number of fused-ring (bicyclic) bond motifs is 7. The van der Waals surface area contributed by atoms with Gasteiger partial charge in [-0.1, -0.05) is 255 Å². The summed E-state index contributed by atoms with van der Waals surface area (Å²) in [4.78, 5) is 21.9. The second kappa shape index (κ2) is 18.0. The van der Waals surface area contributed by atoms with Crippen LogP contribution in [0, 0.1) is 0 Å². The first kappa shape index (κ1) is 44.3. The van der Waals surface area contributed by atoms with Crippen LogP contribution in [0.25, 0.3) is 122 Å². The van der Waals surface area contributed by atoms with Crippen molar-refractivity contribution in [3.05, 3.63) is 301 Å². The van der Waals surface area contributed by atoms with Crippen LogP contribution < -0.4 is 0 Å². The van der Waals surface area contributed by atoms with Crippen molar-refractivity contribution in [3.63, 3.8) is 0 Å². The Morgan fingerprint density at radius 2 is 0.558 bits per heavy atom. The number of aromatic nitrogens is 4. The van der Waals surface area contributed by atoms with Crippen molar-refractivity contribution in [3.8, 4) is 78.7 Å². The molecule has 12 aromatic carbocycles. The molecule has 0 fully saturated rings. The Morgan fingerprint density at radius 1 is 0.221 bits per heavy atom. The van der Waals surface area contributed by atoms with Crippen molar-refractivity contribution in [2.75, 3.05) is 0 Å². The van der Waals surface area contributed by atoms with Gasteiger partial charge in [0.05, 0.1) is 27.8 Å². The van der Waals surface area contributed by atoms with Crippen LogP contribution in [0.3, 0.4) is 0 Å². The van der Waals surface area contributed by atoms with Crippen LogP contribution in [0.4, 0.5) is 0 Å². The van der Waals surface area contributed by atoms with E-state index in [0.717, 1.165) is 88.5 Å². The molecule has 15 rings (SSSR count). The summed E-state index contributed by atoms with van der Waals surface area (Å²) in [6.45, 7) is 0. The average Bonchev–Trinajstić information content (AvgIpc) is 3.98. The zero-order valence-electron chi connectivity index (χ0n) is 41.8. The van der Waals surface area contributed by atoms with Gasteiger partial charge in [0.1, 0.15) is 0 Å². The molecule has 1 aliphatic rings. The second-order valence-electron chi connectivity index (χ2n) is 20.0. The molecular weight excluding hydrogens is 933 g/mol. The molecule has 4 nitrogen and oxygen atoms in total. The third kappa shape index (κ3) is 7.14. The third-order valence-corrected chi connectivity index (χ3v) is 15.8. The smallest absolute Gasteiger partial charge is 0.160 e. The van der Waals surface area contributed by atoms with E-state index < -0.39 is 5.41 Å². The number of rotatable bonds is 8. The largest absolute Gasteiger partial charge is 0.228 e. The molecule has 358 valence electrons. The van der Waals surface area contributed by atoms with Gasteiger partial charge in [-0.25, -0.2) is 19.9 Å². The van der Waals surface area contributed by atoms with E-state index in [2.05, 4.69) is 279 Å². The van der Waals surface area contributed by atoms with Gasteiger partial charge in [0, 0.05) is 33.0 Å². The fourth-order valence-electron chi connectivity index (χ4n) is 12.4. The summed E-state index contributed by atoms with van der Waals surface area (Å²) in [5, 5.41) is 6.67. The molecule has 0 radical (unpaired) electrons. The Balaban J connectivity index is 0.927. The fraction of sp³-hybridized carbons (Fsp3) is 0.0137. The summed E-state index contributed by atoms with van der Waals surface area (Å²) in [6, 6.07) is 100. The highest BCUT2D eigenvalue weighted by Gasteiger charge is 2.46. The standard InChI is InChI=1S/C73H46N4/c1-5-21-47(22-6-1)53-31-17-35-57-55(53)33-19-37-61(57)69-63-29-13-15-39-67(63)74-71(76-69)49-41-43-59-60-44-42-50(46-66(60)73(65(59)45-49,51-25-9-3-10-26-51)52-27-11-4-12-28-52)72-75-68-40-16-14-30-64(68)70(77-72)62-38-20-34-56-54(32-18-36-58(56)62)48-23-7-2-8-24-48/h1-46H. The van der Waals surface area contributed by atoms with Crippen LogP contribution in [0.15, 0.2) is 279 Å². The van der Waals surface area contributed by atoms with Gasteiger partial charge in [-0.2, -0.15) is 0 Å². The molecule has 0 amide bonds. The lowest BCUT2D eigenvalue weighted by Crippen LogP contribution is -2.28. The first-order valence-electron chi connectivity index (χ1n) is 26.3. The normalized spacial score (nSPS) is 12.5. The topological polar surface area (TPSA) is 51.6 Å². The van der Waals surface area contributed by atoms with Crippen LogP contribution in [0.5, 0.6) is 0 Å². The minimum absolute atomic E-state index is 0.672. The predicted molar refractivity (Wildman–Crippen MR) is 318 cm³/mol. The summed E-state index contributed by atoms with van der Waals surface area (Å²) in [7, 11) is 0. The number of nitrogens with zero attached hydrogens (tertiary/aromatic N) is 4. The molecule has 0 bridgehead atoms. The van der Waals surface area contributed by atoms with Gasteiger partial charge in [0.25, 0.3) is 0 Å². The Kier molecular flexibility index (Phi) is 10.4. The molecule has 1 aliphatic carbocycles. The van der Waals surface area contributed by atoms with E-state index in [1.54, 1.807) is 0 Å². The lowest BCUT2D eigenvalue weighted by atomic mass is 9.67. The summed E-state index contributed by atoms with van der Waals surface area (Å²) in [5.41, 5.74) is 18.6. The lowest BCUT2D eigenvalue weighted by molar-refractivity contribution is 0.768. The van der Waals surface area contributed by atoms with Crippen LogP contribution in [-0.4, -0.2) is 19.9 Å². The van der Waals surface area contributed by atoms with Crippen molar-refractivity contribution in [1.29, 1.82) is 0 Å². The van der Waals surface area contributed by atoms with Gasteiger partial charge in [0.15, 0.2) is 11.6 Å². The van der Waals surface area contributed by atoms with E-state index in [0.29, 0.717) is 11.6 Å². The van der Waals surface area contributed by atoms with Crippen LogP contribution in [-0.2, 0) is 5.41 Å². The number of hydrogen-bond donors (Lipinski definition) is 0. The summed E-state index contributed by atoms with van der Waals surface area (Å²) in [5.74, 6) is 1.34. The Labute approximate surface area is 446 Å². The summed E-state index contributed by atoms with van der Waals surface area (Å²) >= 11 is 0. The SMILES string of the molecule is c1ccc(-c2cccc3c(-c4nc(-c5ccc6c(c5)C(c5ccccc5)(c5ccccc5)c5cc(-c7nc(-c8cccc9c(-c%10ccccc%10)cccc89)c8ccccc8n7)ccc5-6)nc5ccccc45)cccc23)cc1. The number of hydrogen-bond acceptors (Lipinski definition) is 4. The van der Waals surface area contributed by atoms with E-state index in [-0.39, 0.29) is 0 Å². The zero-order chi connectivity index (χ0) is 50.9. The average molecular weight is 979 g/mol. The molecule has 2 heterocycles. The molecular formula is C73H46N4. The first-order chi connectivity index (χ1) is 38.2. The molecule has 0 atom stereocenters. The van der Waals surface area contributed by atoms with Gasteiger partial charge in [-0.05, 0) is 101 Å². The van der Waals surface area contributed by atoms with E-state index in [4.69, 9.17) is 19.9 Å². The van der Waals surface area contributed by atoms with E-state index >= 15 is 0 Å². The summed E-state index contributed by atoms with van der Waals surface area (Å²) < 4.78 is 0. The minimum atomic E-state index is -0.731. The van der Waals surface area contributed by atoms with Gasteiger partial charge in [-0.3, -0.25) is 0 Å². The molecule has 0 saturated heterocycles. The molecule has 77 heavy (non-hydrogen) atoms. The second-order valence-corrected chi connectivity index (χ2v) is 20.0. The molecule has 0 unspecified atom stereocenters. The molecule has 0 spiro atoms. The fourth-order valence-corrected chi connectivity index (χ4v) is 12.4. The molecule has 0 saturated carbocycles.